The van der Waals surface area contributed by atoms with Crippen LogP contribution in [0.1, 0.15) is 5.56 Å². The minimum Gasteiger partial charge on any atom is -0.504 e. The number of carbonyl (C=O) groups is 2. The highest BCUT2D eigenvalue weighted by molar-refractivity contribution is 9.10. The predicted octanol–water partition coefficient (Wildman–Crippen LogP) is 3.00. The van der Waals surface area contributed by atoms with Crippen LogP contribution in [0, 0.1) is 0 Å². The van der Waals surface area contributed by atoms with Gasteiger partial charge in [-0.2, -0.15) is 0 Å². The highest BCUT2D eigenvalue weighted by Crippen LogP contribution is 2.35. The van der Waals surface area contributed by atoms with Crippen LogP contribution in [-0.2, 0) is 9.59 Å². The van der Waals surface area contributed by atoms with Crippen molar-refractivity contribution in [3.63, 3.8) is 0 Å². The number of nitrogens with one attached hydrogen (secondary N) is 1. The molecule has 0 radical (unpaired) electrons. The van der Waals surface area contributed by atoms with E-state index in [1.54, 1.807) is 24.3 Å². The monoisotopic (exact) mass is 462 g/mol. The molecule has 1 saturated heterocycles. The molecule has 0 aliphatic carbocycles. The summed E-state index contributed by atoms with van der Waals surface area (Å²) in [6.07, 6.45) is 1.40. The topological polar surface area (TPSA) is 88.1 Å². The van der Waals surface area contributed by atoms with Crippen molar-refractivity contribution in [1.29, 1.82) is 0 Å². The normalized spacial score (nSPS) is 15.6. The highest BCUT2D eigenvalue weighted by atomic mass is 79.9. The summed E-state index contributed by atoms with van der Waals surface area (Å²) >= 11 is 8.51. The molecule has 1 heterocycles. The fourth-order valence-corrected chi connectivity index (χ4v) is 3.40. The molecule has 3 rings (SSSR count). The number of phenols is 1. The minimum atomic E-state index is -0.625. The lowest BCUT2D eigenvalue weighted by atomic mass is 10.1. The van der Waals surface area contributed by atoms with Gasteiger partial charge in [0.2, 0.25) is 0 Å². The second kappa shape index (κ2) is 7.99. The number of hydrogen-bond donors (Lipinski definition) is 2. The summed E-state index contributed by atoms with van der Waals surface area (Å²) in [6, 6.07) is 9.76. The standard InChI is InChI=1S/C19H15BrN2O5S/c1-26-15-6-4-3-5-13(15)22-18(25)11(17(24)21-19(22)28)7-10-8-16(27-2)14(23)9-12(10)20/h3-9,23H,1-2H3,(H,21,24,28)/b11-7-. The summed E-state index contributed by atoms with van der Waals surface area (Å²) in [5, 5.41) is 12.3. The molecule has 28 heavy (non-hydrogen) atoms. The van der Waals surface area contributed by atoms with Crippen LogP contribution in [0.3, 0.4) is 0 Å². The Morgan fingerprint density at radius 2 is 1.82 bits per heavy atom. The lowest BCUT2D eigenvalue weighted by Gasteiger charge is -2.29. The molecule has 1 fully saturated rings. The first kappa shape index (κ1) is 19.8. The van der Waals surface area contributed by atoms with Crippen molar-refractivity contribution in [3.8, 4) is 17.2 Å². The zero-order valence-electron chi connectivity index (χ0n) is 14.9. The van der Waals surface area contributed by atoms with Crippen LogP contribution in [-0.4, -0.2) is 36.3 Å². The summed E-state index contributed by atoms with van der Waals surface area (Å²) in [5.41, 5.74) is 0.752. The fourth-order valence-electron chi connectivity index (χ4n) is 2.68. The lowest BCUT2D eigenvalue weighted by Crippen LogP contribution is -2.54. The number of rotatable bonds is 4. The molecule has 0 atom stereocenters. The molecule has 1 aliphatic rings. The molecule has 2 aromatic rings. The molecule has 0 bridgehead atoms. The van der Waals surface area contributed by atoms with Gasteiger partial charge in [0, 0.05) is 4.47 Å². The van der Waals surface area contributed by atoms with Gasteiger partial charge in [0.05, 0.1) is 19.9 Å². The zero-order chi connectivity index (χ0) is 20.4. The van der Waals surface area contributed by atoms with E-state index >= 15 is 0 Å². The number of halogens is 1. The fraction of sp³-hybridized carbons (Fsp3) is 0.105. The molecule has 2 amide bonds. The van der Waals surface area contributed by atoms with E-state index in [1.807, 2.05) is 0 Å². The summed E-state index contributed by atoms with van der Waals surface area (Å²) in [6.45, 7) is 0. The smallest absolute Gasteiger partial charge is 0.270 e. The molecule has 7 nitrogen and oxygen atoms in total. The van der Waals surface area contributed by atoms with Crippen molar-refractivity contribution in [2.75, 3.05) is 19.1 Å². The van der Waals surface area contributed by atoms with Crippen LogP contribution < -0.4 is 19.7 Å². The minimum absolute atomic E-state index is 0.0426. The van der Waals surface area contributed by atoms with Gasteiger partial charge in [0.25, 0.3) is 11.8 Å². The van der Waals surface area contributed by atoms with Crippen LogP contribution in [0.4, 0.5) is 5.69 Å². The van der Waals surface area contributed by atoms with Crippen molar-refractivity contribution < 1.29 is 24.2 Å². The van der Waals surface area contributed by atoms with Crippen LogP contribution in [0.25, 0.3) is 6.08 Å². The van der Waals surface area contributed by atoms with Gasteiger partial charge in [-0.05, 0) is 48.1 Å². The lowest BCUT2D eigenvalue weighted by molar-refractivity contribution is -0.122. The second-order valence-corrected chi connectivity index (χ2v) is 6.92. The number of amides is 2. The van der Waals surface area contributed by atoms with Crippen molar-refractivity contribution in [3.05, 3.63) is 52.0 Å². The number of ether oxygens (including phenoxy) is 2. The van der Waals surface area contributed by atoms with E-state index in [4.69, 9.17) is 21.7 Å². The Kier molecular flexibility index (Phi) is 5.66. The third kappa shape index (κ3) is 3.58. The number of phenolic OH excluding ortho intramolecular Hbond substituents is 1. The third-order valence-electron chi connectivity index (χ3n) is 4.03. The van der Waals surface area contributed by atoms with Crippen LogP contribution >= 0.6 is 28.1 Å². The van der Waals surface area contributed by atoms with E-state index < -0.39 is 11.8 Å². The Hall–Kier alpha value is -2.91. The zero-order valence-corrected chi connectivity index (χ0v) is 17.3. The maximum absolute atomic E-state index is 13.1. The Balaban J connectivity index is 2.09. The Morgan fingerprint density at radius 3 is 2.50 bits per heavy atom. The van der Waals surface area contributed by atoms with Crippen molar-refractivity contribution >= 4 is 56.8 Å². The number of para-hydroxylation sites is 2. The average Bonchev–Trinajstić information content (AvgIpc) is 2.66. The van der Waals surface area contributed by atoms with Crippen molar-refractivity contribution in [2.24, 2.45) is 0 Å². The van der Waals surface area contributed by atoms with Crippen LogP contribution in [0.15, 0.2) is 46.4 Å². The molecule has 0 spiro atoms. The molecule has 2 aromatic carbocycles. The molecule has 1 aliphatic heterocycles. The average molecular weight is 463 g/mol. The first-order chi connectivity index (χ1) is 13.4. The Morgan fingerprint density at radius 1 is 1.14 bits per heavy atom. The van der Waals surface area contributed by atoms with E-state index in [2.05, 4.69) is 21.2 Å². The van der Waals surface area contributed by atoms with Gasteiger partial charge in [0.1, 0.15) is 11.3 Å². The van der Waals surface area contributed by atoms with Gasteiger partial charge in [-0.3, -0.25) is 14.9 Å². The van der Waals surface area contributed by atoms with Gasteiger partial charge < -0.3 is 14.6 Å². The van der Waals surface area contributed by atoms with Crippen molar-refractivity contribution in [2.45, 2.75) is 0 Å². The summed E-state index contributed by atoms with van der Waals surface area (Å²) in [7, 11) is 2.88. The van der Waals surface area contributed by atoms with Crippen LogP contribution in [0.5, 0.6) is 17.2 Å². The quantitative estimate of drug-likeness (QED) is 0.412. The first-order valence-corrected chi connectivity index (χ1v) is 9.18. The maximum Gasteiger partial charge on any atom is 0.270 e. The third-order valence-corrected chi connectivity index (χ3v) is 5.00. The number of methoxy groups -OCH3 is 2. The van der Waals surface area contributed by atoms with Gasteiger partial charge >= 0.3 is 0 Å². The van der Waals surface area contributed by atoms with E-state index in [0.717, 1.165) is 0 Å². The molecular formula is C19H15BrN2O5S. The molecule has 144 valence electrons. The van der Waals surface area contributed by atoms with E-state index in [1.165, 1.54) is 37.3 Å². The molecular weight excluding hydrogens is 448 g/mol. The number of anilines is 1. The summed E-state index contributed by atoms with van der Waals surface area (Å²) in [5.74, 6) is -0.665. The van der Waals surface area contributed by atoms with Crippen molar-refractivity contribution in [1.82, 2.24) is 5.32 Å². The van der Waals surface area contributed by atoms with Gasteiger partial charge in [-0.25, -0.2) is 4.90 Å². The number of hydrogen-bond acceptors (Lipinski definition) is 6. The molecule has 0 aromatic heterocycles. The number of benzene rings is 2. The van der Waals surface area contributed by atoms with Crippen LogP contribution in [0.2, 0.25) is 0 Å². The maximum atomic E-state index is 13.1. The van der Waals surface area contributed by atoms with E-state index in [0.29, 0.717) is 21.5 Å². The number of thiocarbonyl (C=S) groups is 1. The number of aromatic hydroxyl groups is 1. The van der Waals surface area contributed by atoms with Gasteiger partial charge in [-0.1, -0.05) is 28.1 Å². The van der Waals surface area contributed by atoms with E-state index in [-0.39, 0.29) is 22.2 Å². The highest BCUT2D eigenvalue weighted by Gasteiger charge is 2.35. The Labute approximate surface area is 174 Å². The summed E-state index contributed by atoms with van der Waals surface area (Å²) < 4.78 is 10.9. The predicted molar refractivity (Wildman–Crippen MR) is 112 cm³/mol. The number of carbonyl (C=O) groups excluding carboxylic acids is 2. The first-order valence-electron chi connectivity index (χ1n) is 7.98. The SMILES string of the molecule is COc1cc(/C=C2/C(=O)NC(=S)N(c3ccccc3OC)C2=O)c(Br)cc1O. The van der Waals surface area contributed by atoms with Gasteiger partial charge in [-0.15, -0.1) is 0 Å². The number of nitrogens with zero attached hydrogens (tertiary/aromatic N) is 1. The second-order valence-electron chi connectivity index (χ2n) is 5.68. The molecule has 0 unspecified atom stereocenters. The molecule has 2 N–H and O–H groups in total. The summed E-state index contributed by atoms with van der Waals surface area (Å²) in [4.78, 5) is 26.8. The molecule has 9 heteroatoms. The Bertz CT molecular complexity index is 1020. The largest absolute Gasteiger partial charge is 0.504 e. The van der Waals surface area contributed by atoms with Gasteiger partial charge in [0.15, 0.2) is 16.6 Å². The van der Waals surface area contributed by atoms with E-state index in [9.17, 15) is 14.7 Å². The molecule has 0 saturated carbocycles.